The summed E-state index contributed by atoms with van der Waals surface area (Å²) in [6.07, 6.45) is 0. The summed E-state index contributed by atoms with van der Waals surface area (Å²) in [5.74, 6) is 0.685. The van der Waals surface area contributed by atoms with E-state index in [0.717, 1.165) is 5.56 Å². The van der Waals surface area contributed by atoms with Crippen LogP contribution in [0.3, 0.4) is 0 Å². The van der Waals surface area contributed by atoms with Crippen LogP contribution in [0.4, 0.5) is 5.13 Å². The summed E-state index contributed by atoms with van der Waals surface area (Å²) in [5, 5.41) is 9.37. The van der Waals surface area contributed by atoms with Gasteiger partial charge in [0.05, 0.1) is 7.11 Å². The number of rotatable bonds is 2. The Balaban J connectivity index is 2.63. The van der Waals surface area contributed by atoms with E-state index in [0.29, 0.717) is 21.5 Å². The summed E-state index contributed by atoms with van der Waals surface area (Å²) in [6.45, 7) is 0. The number of nitriles is 1. The van der Waals surface area contributed by atoms with Gasteiger partial charge < -0.3 is 10.5 Å². The van der Waals surface area contributed by atoms with Gasteiger partial charge >= 0.3 is 0 Å². The van der Waals surface area contributed by atoms with Gasteiger partial charge in [-0.1, -0.05) is 23.5 Å². The van der Waals surface area contributed by atoms with Gasteiger partial charge in [-0.25, -0.2) is 4.98 Å². The first-order valence-electron chi connectivity index (χ1n) is 4.56. The molecule has 16 heavy (non-hydrogen) atoms. The molecule has 1 aromatic heterocycles. The molecule has 2 rings (SSSR count). The number of nitrogens with zero attached hydrogens (tertiary/aromatic N) is 2. The first-order valence-corrected chi connectivity index (χ1v) is 5.37. The van der Waals surface area contributed by atoms with E-state index in [1.54, 1.807) is 7.11 Å². The molecule has 0 atom stereocenters. The van der Waals surface area contributed by atoms with Crippen LogP contribution in [-0.2, 0) is 0 Å². The minimum absolute atomic E-state index is 0.387. The minimum Gasteiger partial charge on any atom is -0.496 e. The number of hydrogen-bond acceptors (Lipinski definition) is 5. The molecule has 0 radical (unpaired) electrons. The van der Waals surface area contributed by atoms with Gasteiger partial charge in [-0.05, 0) is 12.1 Å². The van der Waals surface area contributed by atoms with E-state index in [-0.39, 0.29) is 0 Å². The molecule has 1 heterocycles. The predicted molar refractivity (Wildman–Crippen MR) is 63.2 cm³/mol. The molecule has 1 aromatic carbocycles. The van der Waals surface area contributed by atoms with Crippen LogP contribution in [-0.4, -0.2) is 12.1 Å². The maximum Gasteiger partial charge on any atom is 0.181 e. The van der Waals surface area contributed by atoms with Crippen LogP contribution >= 0.6 is 11.3 Å². The molecular formula is C11H9N3OS. The highest BCUT2D eigenvalue weighted by molar-refractivity contribution is 7.16. The smallest absolute Gasteiger partial charge is 0.181 e. The molecule has 0 saturated carbocycles. The molecule has 2 N–H and O–H groups in total. The molecule has 0 aliphatic heterocycles. The van der Waals surface area contributed by atoms with Crippen molar-refractivity contribution in [3.63, 3.8) is 0 Å². The predicted octanol–water partition coefficient (Wildman–Crippen LogP) is 2.27. The summed E-state index contributed by atoms with van der Waals surface area (Å²) >= 11 is 1.18. The largest absolute Gasteiger partial charge is 0.496 e. The minimum atomic E-state index is 0.387. The first kappa shape index (κ1) is 10.5. The fourth-order valence-electron chi connectivity index (χ4n) is 1.44. The lowest BCUT2D eigenvalue weighted by molar-refractivity contribution is 0.416. The van der Waals surface area contributed by atoms with Crippen LogP contribution in [0.5, 0.6) is 5.75 Å². The summed E-state index contributed by atoms with van der Waals surface area (Å²) in [7, 11) is 1.58. The van der Waals surface area contributed by atoms with Gasteiger partial charge in [-0.3, -0.25) is 0 Å². The lowest BCUT2D eigenvalue weighted by atomic mass is 10.1. The molecule has 4 nitrogen and oxygen atoms in total. The summed E-state index contributed by atoms with van der Waals surface area (Å²) in [4.78, 5) is 4.66. The van der Waals surface area contributed by atoms with Crippen molar-refractivity contribution in [2.24, 2.45) is 0 Å². The van der Waals surface area contributed by atoms with Gasteiger partial charge in [0.1, 0.15) is 22.4 Å². The van der Waals surface area contributed by atoms with Crippen molar-refractivity contribution < 1.29 is 4.74 Å². The maximum absolute atomic E-state index is 8.98. The Morgan fingerprint density at radius 2 is 2.19 bits per heavy atom. The zero-order valence-electron chi connectivity index (χ0n) is 8.60. The number of anilines is 1. The maximum atomic E-state index is 8.98. The van der Waals surface area contributed by atoms with E-state index < -0.39 is 0 Å². The van der Waals surface area contributed by atoms with Crippen molar-refractivity contribution in [3.05, 3.63) is 29.1 Å². The molecule has 0 bridgehead atoms. The third-order valence-electron chi connectivity index (χ3n) is 2.11. The normalized spacial score (nSPS) is 9.75. The topological polar surface area (TPSA) is 71.9 Å². The molecule has 0 aliphatic rings. The second-order valence-corrected chi connectivity index (χ2v) is 4.07. The molecule has 0 amide bonds. The highest BCUT2D eigenvalue weighted by Crippen LogP contribution is 2.34. The molecule has 0 fully saturated rings. The first-order chi connectivity index (χ1) is 7.76. The van der Waals surface area contributed by atoms with Crippen LogP contribution < -0.4 is 10.5 Å². The van der Waals surface area contributed by atoms with E-state index in [2.05, 4.69) is 11.1 Å². The van der Waals surface area contributed by atoms with Gasteiger partial charge in [0.2, 0.25) is 0 Å². The number of thiazole rings is 1. The van der Waals surface area contributed by atoms with Crippen LogP contribution in [0.1, 0.15) is 4.88 Å². The number of benzene rings is 1. The van der Waals surface area contributed by atoms with Crippen molar-refractivity contribution in [3.8, 4) is 23.1 Å². The van der Waals surface area contributed by atoms with E-state index in [4.69, 9.17) is 15.7 Å². The summed E-state index contributed by atoms with van der Waals surface area (Å²) in [5.41, 5.74) is 6.97. The number of aromatic nitrogens is 1. The number of hydrogen-bond donors (Lipinski definition) is 1. The Morgan fingerprint density at radius 3 is 2.88 bits per heavy atom. The van der Waals surface area contributed by atoms with Crippen molar-refractivity contribution >= 4 is 16.5 Å². The number of methoxy groups -OCH3 is 1. The van der Waals surface area contributed by atoms with Crippen molar-refractivity contribution in [2.45, 2.75) is 0 Å². The second kappa shape index (κ2) is 4.21. The average Bonchev–Trinajstić information content (AvgIpc) is 2.70. The lowest BCUT2D eigenvalue weighted by Gasteiger charge is -2.05. The Kier molecular flexibility index (Phi) is 2.75. The van der Waals surface area contributed by atoms with E-state index in [1.807, 2.05) is 24.3 Å². The molecule has 80 valence electrons. The Morgan fingerprint density at radius 1 is 1.44 bits per heavy atom. The fourth-order valence-corrected chi connectivity index (χ4v) is 2.08. The van der Waals surface area contributed by atoms with Crippen LogP contribution in [0.15, 0.2) is 24.3 Å². The Labute approximate surface area is 96.9 Å². The monoisotopic (exact) mass is 231 g/mol. The molecule has 0 aliphatic carbocycles. The fraction of sp³-hybridized carbons (Fsp3) is 0.0909. The Bertz CT molecular complexity index is 557. The molecule has 2 aromatic rings. The summed E-state index contributed by atoms with van der Waals surface area (Å²) < 4.78 is 5.22. The van der Waals surface area contributed by atoms with Gasteiger partial charge in [-0.15, -0.1) is 0 Å². The quantitative estimate of drug-likeness (QED) is 0.860. The number of nitrogen functional groups attached to an aromatic ring is 1. The lowest BCUT2D eigenvalue weighted by Crippen LogP contribution is -1.89. The summed E-state index contributed by atoms with van der Waals surface area (Å²) in [6, 6.07) is 9.50. The molecular weight excluding hydrogens is 222 g/mol. The number of ether oxygens (including phenoxy) is 1. The van der Waals surface area contributed by atoms with Crippen LogP contribution in [0.25, 0.3) is 11.3 Å². The Hall–Kier alpha value is -2.06. The van der Waals surface area contributed by atoms with Crippen LogP contribution in [0.2, 0.25) is 0 Å². The molecule has 0 spiro atoms. The SMILES string of the molecule is COc1ccccc1-c1nc(N)sc1C#N. The van der Waals surface area contributed by atoms with Crippen molar-refractivity contribution in [2.75, 3.05) is 12.8 Å². The van der Waals surface area contributed by atoms with Crippen molar-refractivity contribution in [1.82, 2.24) is 4.98 Å². The third-order valence-corrected chi connectivity index (χ3v) is 2.90. The standard InChI is InChI=1S/C11H9N3OS/c1-15-8-5-3-2-4-7(8)10-9(6-12)16-11(13)14-10/h2-5H,1H3,(H2,13,14). The highest BCUT2D eigenvalue weighted by Gasteiger charge is 2.14. The number of nitrogens with two attached hydrogens (primary N) is 1. The van der Waals surface area contributed by atoms with E-state index in [1.165, 1.54) is 11.3 Å². The van der Waals surface area contributed by atoms with Crippen LogP contribution in [0, 0.1) is 11.3 Å². The second-order valence-electron chi connectivity index (χ2n) is 3.04. The molecule has 5 heteroatoms. The number of para-hydroxylation sites is 1. The van der Waals surface area contributed by atoms with Gasteiger partial charge in [0.15, 0.2) is 5.13 Å². The van der Waals surface area contributed by atoms with Crippen molar-refractivity contribution in [1.29, 1.82) is 5.26 Å². The van der Waals surface area contributed by atoms with Gasteiger partial charge in [-0.2, -0.15) is 5.26 Å². The molecule has 0 unspecified atom stereocenters. The average molecular weight is 231 g/mol. The van der Waals surface area contributed by atoms with Gasteiger partial charge in [0.25, 0.3) is 0 Å². The highest BCUT2D eigenvalue weighted by atomic mass is 32.1. The van der Waals surface area contributed by atoms with E-state index >= 15 is 0 Å². The zero-order valence-corrected chi connectivity index (χ0v) is 9.41. The van der Waals surface area contributed by atoms with E-state index in [9.17, 15) is 0 Å². The van der Waals surface area contributed by atoms with Gasteiger partial charge in [0, 0.05) is 5.56 Å². The molecule has 0 saturated heterocycles. The third kappa shape index (κ3) is 1.71. The zero-order chi connectivity index (χ0) is 11.5.